The Morgan fingerprint density at radius 3 is 2.21 bits per heavy atom. The van der Waals surface area contributed by atoms with Gasteiger partial charge in [0.15, 0.2) is 0 Å². The molecule has 2 atom stereocenters. The number of alkyl carbamates (subject to hydrolysis) is 1. The molecule has 0 aromatic rings. The van der Waals surface area contributed by atoms with Crippen LogP contribution in [-0.2, 0) is 9.53 Å². The molecule has 0 spiro atoms. The van der Waals surface area contributed by atoms with E-state index in [9.17, 15) is 9.59 Å². The number of nitrogens with zero attached hydrogens (tertiary/aromatic N) is 1. The van der Waals surface area contributed by atoms with Crippen molar-refractivity contribution in [2.45, 2.75) is 84.8 Å². The van der Waals surface area contributed by atoms with Crippen molar-refractivity contribution in [3.63, 3.8) is 0 Å². The molecule has 1 saturated heterocycles. The molecule has 1 heterocycles. The Hall–Kier alpha value is -1.26. The maximum atomic E-state index is 13.0. The van der Waals surface area contributed by atoms with Crippen LogP contribution in [0, 0.1) is 11.3 Å². The normalized spacial score (nSPS) is 30.1. The topological polar surface area (TPSA) is 58.6 Å². The van der Waals surface area contributed by atoms with Crippen LogP contribution in [0.3, 0.4) is 0 Å². The van der Waals surface area contributed by atoms with Gasteiger partial charge in [0.25, 0.3) is 0 Å². The second kappa shape index (κ2) is 6.57. The molecule has 5 heteroatoms. The first kappa shape index (κ1) is 19.1. The number of hydrogen-bond donors (Lipinski definition) is 1. The zero-order chi connectivity index (χ0) is 18.2. The summed E-state index contributed by atoms with van der Waals surface area (Å²) in [5.41, 5.74) is -1.27. The van der Waals surface area contributed by atoms with Gasteiger partial charge in [-0.15, -0.1) is 0 Å². The number of carbonyl (C=O) groups is 2. The van der Waals surface area contributed by atoms with Crippen LogP contribution in [0.25, 0.3) is 0 Å². The standard InChI is InChI=1S/C19H34N2O3/c1-17(2,3)24-16(23)20-19(6)11-10-14(18(19,4)5)15(22)21-12-8-7-9-13-21/h14H,7-13H2,1-6H3,(H,20,23)/t14-,19-/m1/s1. The minimum atomic E-state index is -0.522. The van der Waals surface area contributed by atoms with Gasteiger partial charge in [-0.25, -0.2) is 4.79 Å². The minimum Gasteiger partial charge on any atom is -0.444 e. The van der Waals surface area contributed by atoms with Gasteiger partial charge in [0, 0.05) is 24.5 Å². The molecule has 2 aliphatic rings. The molecule has 0 unspecified atom stereocenters. The van der Waals surface area contributed by atoms with E-state index in [0.29, 0.717) is 0 Å². The fraction of sp³-hybridized carbons (Fsp3) is 0.895. The highest BCUT2D eigenvalue weighted by Crippen LogP contribution is 2.51. The number of hydrogen-bond acceptors (Lipinski definition) is 3. The Balaban J connectivity index is 2.08. The van der Waals surface area contributed by atoms with Crippen LogP contribution in [-0.4, -0.2) is 41.1 Å². The van der Waals surface area contributed by atoms with Gasteiger partial charge < -0.3 is 15.0 Å². The number of rotatable bonds is 2. The third kappa shape index (κ3) is 3.86. The third-order valence-corrected chi connectivity index (χ3v) is 5.97. The minimum absolute atomic E-state index is 0.0458. The summed E-state index contributed by atoms with van der Waals surface area (Å²) >= 11 is 0. The van der Waals surface area contributed by atoms with Gasteiger partial charge in [-0.3, -0.25) is 4.79 Å². The van der Waals surface area contributed by atoms with Crippen molar-refractivity contribution >= 4 is 12.0 Å². The quantitative estimate of drug-likeness (QED) is 0.835. The Morgan fingerprint density at radius 1 is 1.08 bits per heavy atom. The third-order valence-electron chi connectivity index (χ3n) is 5.97. The number of piperidine rings is 1. The first-order valence-electron chi connectivity index (χ1n) is 9.26. The summed E-state index contributed by atoms with van der Waals surface area (Å²) in [5.74, 6) is 0.213. The van der Waals surface area contributed by atoms with E-state index in [2.05, 4.69) is 19.2 Å². The summed E-state index contributed by atoms with van der Waals surface area (Å²) in [7, 11) is 0. The molecule has 0 radical (unpaired) electrons. The van der Waals surface area contributed by atoms with Crippen LogP contribution in [0.1, 0.15) is 73.6 Å². The van der Waals surface area contributed by atoms with Gasteiger partial charge in [0.05, 0.1) is 0 Å². The van der Waals surface area contributed by atoms with Crippen LogP contribution in [0.15, 0.2) is 0 Å². The second-order valence-electron chi connectivity index (χ2n) is 9.16. The molecule has 1 aliphatic heterocycles. The van der Waals surface area contributed by atoms with Crippen molar-refractivity contribution in [3.8, 4) is 0 Å². The van der Waals surface area contributed by atoms with Crippen molar-refractivity contribution in [2.75, 3.05) is 13.1 Å². The number of ether oxygens (including phenoxy) is 1. The molecular weight excluding hydrogens is 304 g/mol. The van der Waals surface area contributed by atoms with Crippen LogP contribution in [0.2, 0.25) is 0 Å². The molecule has 1 aliphatic carbocycles. The molecule has 1 saturated carbocycles. The van der Waals surface area contributed by atoms with Crippen LogP contribution in [0.5, 0.6) is 0 Å². The van der Waals surface area contributed by atoms with E-state index in [0.717, 1.165) is 38.8 Å². The van der Waals surface area contributed by atoms with Crippen LogP contribution >= 0.6 is 0 Å². The summed E-state index contributed by atoms with van der Waals surface area (Å²) in [6.07, 6.45) is 4.64. The molecule has 0 bridgehead atoms. The highest BCUT2D eigenvalue weighted by atomic mass is 16.6. The van der Waals surface area contributed by atoms with Gasteiger partial charge in [-0.2, -0.15) is 0 Å². The zero-order valence-corrected chi connectivity index (χ0v) is 16.2. The number of amides is 2. The highest BCUT2D eigenvalue weighted by Gasteiger charge is 2.55. The number of carbonyl (C=O) groups excluding carboxylic acids is 2. The van der Waals surface area contributed by atoms with Gasteiger partial charge in [0.1, 0.15) is 5.60 Å². The predicted octanol–water partition coefficient (Wildman–Crippen LogP) is 3.72. The summed E-state index contributed by atoms with van der Waals surface area (Å²) in [6, 6.07) is 0. The van der Waals surface area contributed by atoms with E-state index in [1.165, 1.54) is 6.42 Å². The summed E-state index contributed by atoms with van der Waals surface area (Å²) < 4.78 is 5.42. The Kier molecular flexibility index (Phi) is 5.22. The second-order valence-corrected chi connectivity index (χ2v) is 9.16. The van der Waals surface area contributed by atoms with Crippen LogP contribution in [0.4, 0.5) is 4.79 Å². The van der Waals surface area contributed by atoms with Crippen molar-refractivity contribution < 1.29 is 14.3 Å². The van der Waals surface area contributed by atoms with Crippen molar-refractivity contribution in [1.29, 1.82) is 0 Å². The van der Waals surface area contributed by atoms with E-state index in [4.69, 9.17) is 4.74 Å². The highest BCUT2D eigenvalue weighted by molar-refractivity contribution is 5.81. The first-order valence-corrected chi connectivity index (χ1v) is 9.26. The number of nitrogens with one attached hydrogen (secondary N) is 1. The SMILES string of the molecule is CC(C)(C)OC(=O)N[C@]1(C)CC[C@H](C(=O)N2CCCCC2)C1(C)C. The Labute approximate surface area is 146 Å². The fourth-order valence-corrected chi connectivity index (χ4v) is 4.02. The average Bonchev–Trinajstić information content (AvgIpc) is 2.67. The fourth-order valence-electron chi connectivity index (χ4n) is 4.02. The van der Waals surface area contributed by atoms with Gasteiger partial charge in [-0.05, 0) is 65.2 Å². The predicted molar refractivity (Wildman–Crippen MR) is 94.7 cm³/mol. The summed E-state index contributed by atoms with van der Waals surface area (Å²) in [4.78, 5) is 27.3. The molecule has 2 fully saturated rings. The molecule has 0 aromatic heterocycles. The van der Waals surface area contributed by atoms with Gasteiger partial charge in [-0.1, -0.05) is 13.8 Å². The van der Waals surface area contributed by atoms with Crippen molar-refractivity contribution in [1.82, 2.24) is 10.2 Å². The lowest BCUT2D eigenvalue weighted by Crippen LogP contribution is -2.57. The Bertz CT molecular complexity index is 489. The lowest BCUT2D eigenvalue weighted by molar-refractivity contribution is -0.140. The molecular formula is C19H34N2O3. The van der Waals surface area contributed by atoms with Crippen LogP contribution < -0.4 is 5.32 Å². The zero-order valence-electron chi connectivity index (χ0n) is 16.2. The Morgan fingerprint density at radius 2 is 1.67 bits per heavy atom. The van der Waals surface area contributed by atoms with Crippen molar-refractivity contribution in [2.24, 2.45) is 11.3 Å². The molecule has 0 aromatic carbocycles. The molecule has 2 amide bonds. The molecule has 138 valence electrons. The lowest BCUT2D eigenvalue weighted by Gasteiger charge is -2.43. The van der Waals surface area contributed by atoms with E-state index in [1.54, 1.807) is 0 Å². The monoisotopic (exact) mass is 338 g/mol. The first-order chi connectivity index (χ1) is 11.0. The molecule has 1 N–H and O–H groups in total. The molecule has 5 nitrogen and oxygen atoms in total. The average molecular weight is 338 g/mol. The van der Waals surface area contributed by atoms with E-state index >= 15 is 0 Å². The maximum absolute atomic E-state index is 13.0. The maximum Gasteiger partial charge on any atom is 0.408 e. The van der Waals surface area contributed by atoms with Crippen molar-refractivity contribution in [3.05, 3.63) is 0 Å². The lowest BCUT2D eigenvalue weighted by atomic mass is 9.70. The van der Waals surface area contributed by atoms with Gasteiger partial charge in [0.2, 0.25) is 5.91 Å². The number of likely N-dealkylation sites (tertiary alicyclic amines) is 1. The van der Waals surface area contributed by atoms with E-state index in [1.807, 2.05) is 32.6 Å². The smallest absolute Gasteiger partial charge is 0.408 e. The largest absolute Gasteiger partial charge is 0.444 e. The van der Waals surface area contributed by atoms with E-state index < -0.39 is 17.2 Å². The summed E-state index contributed by atoms with van der Waals surface area (Å²) in [5, 5.41) is 3.06. The van der Waals surface area contributed by atoms with E-state index in [-0.39, 0.29) is 17.2 Å². The molecule has 24 heavy (non-hydrogen) atoms. The summed E-state index contributed by atoms with van der Waals surface area (Å²) in [6.45, 7) is 13.6. The molecule has 2 rings (SSSR count). The van der Waals surface area contributed by atoms with Gasteiger partial charge >= 0.3 is 6.09 Å².